The first-order chi connectivity index (χ1) is 12.6. The van der Waals surface area contributed by atoms with E-state index in [9.17, 15) is 0 Å². The van der Waals surface area contributed by atoms with Crippen molar-refractivity contribution in [3.8, 4) is 21.1 Å². The summed E-state index contributed by atoms with van der Waals surface area (Å²) in [6.45, 7) is 7.34. The molecular weight excluding hydrogens is 338 g/mol. The minimum atomic E-state index is 0.489. The Labute approximate surface area is 158 Å². The minimum Gasteiger partial charge on any atom is -0.337 e. The van der Waals surface area contributed by atoms with Crippen LogP contribution in [0.2, 0.25) is 0 Å². The van der Waals surface area contributed by atoms with Crippen LogP contribution in [-0.2, 0) is 6.54 Å². The molecule has 0 saturated heterocycles. The van der Waals surface area contributed by atoms with Crippen molar-refractivity contribution in [2.45, 2.75) is 33.4 Å². The molecule has 0 bridgehead atoms. The molecule has 4 rings (SSSR count). The monoisotopic (exact) mass is 361 g/mol. The molecule has 0 aliphatic heterocycles. The SMILES string of the molecule is Cc1cccc2[nH]c(-c3ccc(-c4cccc(CNC(C)C)c4)s3)nc12. The van der Waals surface area contributed by atoms with E-state index in [0.29, 0.717) is 6.04 Å². The maximum atomic E-state index is 4.80. The standard InChI is InChI=1S/C22H23N3S/c1-14(2)23-13-16-7-5-8-17(12-16)19-10-11-20(26-19)22-24-18-9-4-6-15(3)21(18)25-22/h4-12,14,23H,13H2,1-3H3,(H,24,25). The number of aromatic nitrogens is 2. The van der Waals surface area contributed by atoms with E-state index in [-0.39, 0.29) is 0 Å². The van der Waals surface area contributed by atoms with Crippen molar-refractivity contribution in [3.63, 3.8) is 0 Å². The van der Waals surface area contributed by atoms with Crippen molar-refractivity contribution in [1.29, 1.82) is 0 Å². The number of hydrogen-bond donors (Lipinski definition) is 2. The largest absolute Gasteiger partial charge is 0.337 e. The molecule has 2 N–H and O–H groups in total. The summed E-state index contributed by atoms with van der Waals surface area (Å²) < 4.78 is 0. The Hall–Kier alpha value is -2.43. The normalized spacial score (nSPS) is 11.5. The third kappa shape index (κ3) is 3.43. The Balaban J connectivity index is 1.63. The summed E-state index contributed by atoms with van der Waals surface area (Å²) in [5.74, 6) is 0.947. The molecule has 4 heteroatoms. The van der Waals surface area contributed by atoms with E-state index >= 15 is 0 Å². The van der Waals surface area contributed by atoms with E-state index in [1.807, 2.05) is 0 Å². The number of aromatic amines is 1. The van der Waals surface area contributed by atoms with Gasteiger partial charge in [-0.05, 0) is 47.9 Å². The molecule has 4 aromatic rings. The quantitative estimate of drug-likeness (QED) is 0.474. The van der Waals surface area contributed by atoms with Crippen LogP contribution in [-0.4, -0.2) is 16.0 Å². The molecule has 3 nitrogen and oxygen atoms in total. The smallest absolute Gasteiger partial charge is 0.148 e. The molecule has 26 heavy (non-hydrogen) atoms. The van der Waals surface area contributed by atoms with Crippen molar-refractivity contribution in [3.05, 3.63) is 65.7 Å². The highest BCUT2D eigenvalue weighted by Crippen LogP contribution is 2.34. The molecule has 0 radical (unpaired) electrons. The fourth-order valence-corrected chi connectivity index (χ4v) is 4.02. The van der Waals surface area contributed by atoms with Gasteiger partial charge in [0.1, 0.15) is 5.82 Å². The number of imidazole rings is 1. The van der Waals surface area contributed by atoms with Gasteiger partial charge in [0.15, 0.2) is 0 Å². The molecule has 0 unspecified atom stereocenters. The summed E-state index contributed by atoms with van der Waals surface area (Å²) in [4.78, 5) is 10.7. The van der Waals surface area contributed by atoms with Crippen molar-refractivity contribution in [2.75, 3.05) is 0 Å². The molecule has 0 spiro atoms. The second-order valence-electron chi connectivity index (χ2n) is 6.96. The van der Waals surface area contributed by atoms with Gasteiger partial charge in [0, 0.05) is 17.5 Å². The summed E-state index contributed by atoms with van der Waals surface area (Å²) in [7, 11) is 0. The van der Waals surface area contributed by atoms with Crippen molar-refractivity contribution < 1.29 is 0 Å². The van der Waals surface area contributed by atoms with Crippen molar-refractivity contribution >= 4 is 22.4 Å². The molecule has 0 saturated carbocycles. The highest BCUT2D eigenvalue weighted by atomic mass is 32.1. The Bertz CT molecular complexity index is 1040. The number of rotatable bonds is 5. The van der Waals surface area contributed by atoms with Crippen LogP contribution in [0.4, 0.5) is 0 Å². The lowest BCUT2D eigenvalue weighted by molar-refractivity contribution is 0.589. The van der Waals surface area contributed by atoms with Gasteiger partial charge in [0.2, 0.25) is 0 Å². The average molecular weight is 362 g/mol. The number of nitrogens with zero attached hydrogens (tertiary/aromatic N) is 1. The van der Waals surface area contributed by atoms with E-state index < -0.39 is 0 Å². The van der Waals surface area contributed by atoms with Crippen LogP contribution < -0.4 is 5.32 Å². The zero-order chi connectivity index (χ0) is 18.1. The lowest BCUT2D eigenvalue weighted by atomic mass is 10.1. The molecule has 2 aromatic carbocycles. The summed E-state index contributed by atoms with van der Waals surface area (Å²) in [6, 6.07) is 19.8. The van der Waals surface area contributed by atoms with Gasteiger partial charge in [-0.15, -0.1) is 11.3 Å². The fourth-order valence-electron chi connectivity index (χ4n) is 3.07. The molecule has 0 amide bonds. The lowest BCUT2D eigenvalue weighted by Crippen LogP contribution is -2.21. The van der Waals surface area contributed by atoms with Crippen LogP contribution in [0.5, 0.6) is 0 Å². The van der Waals surface area contributed by atoms with Crippen molar-refractivity contribution in [1.82, 2.24) is 15.3 Å². The predicted molar refractivity (Wildman–Crippen MR) is 112 cm³/mol. The van der Waals surface area contributed by atoms with Gasteiger partial charge in [-0.3, -0.25) is 0 Å². The number of H-pyrrole nitrogens is 1. The van der Waals surface area contributed by atoms with E-state index in [4.69, 9.17) is 4.98 Å². The molecule has 2 heterocycles. The first kappa shape index (κ1) is 17.0. The number of thiophene rings is 1. The van der Waals surface area contributed by atoms with E-state index in [0.717, 1.165) is 23.4 Å². The van der Waals surface area contributed by atoms with Gasteiger partial charge in [-0.25, -0.2) is 4.98 Å². The number of para-hydroxylation sites is 1. The zero-order valence-corrected chi connectivity index (χ0v) is 16.2. The van der Waals surface area contributed by atoms with Crippen LogP contribution in [0.15, 0.2) is 54.6 Å². The number of fused-ring (bicyclic) bond motifs is 1. The molecule has 0 atom stereocenters. The number of aryl methyl sites for hydroxylation is 1. The number of hydrogen-bond acceptors (Lipinski definition) is 3. The lowest BCUT2D eigenvalue weighted by Gasteiger charge is -2.09. The maximum Gasteiger partial charge on any atom is 0.148 e. The first-order valence-corrected chi connectivity index (χ1v) is 9.80. The van der Waals surface area contributed by atoms with Gasteiger partial charge in [-0.2, -0.15) is 0 Å². The Morgan fingerprint density at radius 3 is 2.65 bits per heavy atom. The first-order valence-electron chi connectivity index (χ1n) is 8.98. The highest BCUT2D eigenvalue weighted by molar-refractivity contribution is 7.18. The predicted octanol–water partition coefficient (Wildman–Crippen LogP) is 5.76. The molecule has 2 aromatic heterocycles. The van der Waals surface area contributed by atoms with Crippen molar-refractivity contribution in [2.24, 2.45) is 0 Å². The average Bonchev–Trinajstić information content (AvgIpc) is 3.28. The summed E-state index contributed by atoms with van der Waals surface area (Å²) in [5, 5.41) is 3.48. The molecule has 0 aliphatic carbocycles. The summed E-state index contributed by atoms with van der Waals surface area (Å²) in [6.07, 6.45) is 0. The van der Waals surface area contributed by atoms with Crippen LogP contribution in [0.25, 0.3) is 32.2 Å². The number of nitrogens with one attached hydrogen (secondary N) is 2. The van der Waals surface area contributed by atoms with Gasteiger partial charge in [-0.1, -0.05) is 44.2 Å². The maximum absolute atomic E-state index is 4.80. The molecule has 132 valence electrons. The Kier molecular flexibility index (Phi) is 4.62. The zero-order valence-electron chi connectivity index (χ0n) is 15.3. The van der Waals surface area contributed by atoms with Crippen LogP contribution in [0.3, 0.4) is 0 Å². The van der Waals surface area contributed by atoms with Crippen LogP contribution in [0, 0.1) is 6.92 Å². The molecular formula is C22H23N3S. The summed E-state index contributed by atoms with van der Waals surface area (Å²) >= 11 is 1.78. The van der Waals surface area contributed by atoms with Crippen LogP contribution >= 0.6 is 11.3 Å². The third-order valence-electron chi connectivity index (χ3n) is 4.48. The minimum absolute atomic E-state index is 0.489. The topological polar surface area (TPSA) is 40.7 Å². The Morgan fingerprint density at radius 2 is 1.85 bits per heavy atom. The number of benzene rings is 2. The second-order valence-corrected chi connectivity index (χ2v) is 8.04. The van der Waals surface area contributed by atoms with Gasteiger partial charge in [0.25, 0.3) is 0 Å². The molecule has 0 aliphatic rings. The van der Waals surface area contributed by atoms with Gasteiger partial charge in [0.05, 0.1) is 15.9 Å². The summed E-state index contributed by atoms with van der Waals surface area (Å²) in [5.41, 5.74) is 5.92. The fraction of sp³-hybridized carbons (Fsp3) is 0.227. The second kappa shape index (κ2) is 7.06. The molecule has 0 fully saturated rings. The Morgan fingerprint density at radius 1 is 1.04 bits per heavy atom. The van der Waals surface area contributed by atoms with E-state index in [2.05, 4.69) is 85.7 Å². The third-order valence-corrected chi connectivity index (χ3v) is 5.62. The van der Waals surface area contributed by atoms with Gasteiger partial charge >= 0.3 is 0 Å². The van der Waals surface area contributed by atoms with Gasteiger partial charge < -0.3 is 10.3 Å². The van der Waals surface area contributed by atoms with E-state index in [1.54, 1.807) is 11.3 Å². The van der Waals surface area contributed by atoms with E-state index in [1.165, 1.54) is 26.4 Å². The van der Waals surface area contributed by atoms with Crippen LogP contribution in [0.1, 0.15) is 25.0 Å². The highest BCUT2D eigenvalue weighted by Gasteiger charge is 2.10.